The maximum absolute atomic E-state index is 11.7. The van der Waals surface area contributed by atoms with Gasteiger partial charge >= 0.3 is 5.97 Å². The summed E-state index contributed by atoms with van der Waals surface area (Å²) in [4.78, 5) is 23.8. The van der Waals surface area contributed by atoms with Gasteiger partial charge in [0.15, 0.2) is 0 Å². The van der Waals surface area contributed by atoms with Gasteiger partial charge in [-0.25, -0.2) is 0 Å². The molecule has 2 aromatic rings. The molecule has 0 spiro atoms. The van der Waals surface area contributed by atoms with Gasteiger partial charge in [-0.15, -0.1) is 11.3 Å². The van der Waals surface area contributed by atoms with Gasteiger partial charge in [0.1, 0.15) is 6.54 Å². The third-order valence-corrected chi connectivity index (χ3v) is 3.23. The Bertz CT molecular complexity index is 563. The van der Waals surface area contributed by atoms with E-state index in [1.165, 1.54) is 29.3 Å². The number of hydrogen-bond acceptors (Lipinski definition) is 5. The highest BCUT2D eigenvalue weighted by atomic mass is 32.1. The van der Waals surface area contributed by atoms with E-state index in [0.717, 1.165) is 4.88 Å². The third kappa shape index (κ3) is 3.92. The van der Waals surface area contributed by atoms with Gasteiger partial charge in [-0.05, 0) is 11.4 Å². The van der Waals surface area contributed by atoms with Gasteiger partial charge in [-0.1, -0.05) is 6.07 Å². The summed E-state index contributed by atoms with van der Waals surface area (Å²) in [6, 6.07) is 3.81. The summed E-state index contributed by atoms with van der Waals surface area (Å²) in [5, 5.41) is 8.61. The maximum Gasteiger partial charge on any atom is 0.327 e. The number of anilines is 1. The lowest BCUT2D eigenvalue weighted by atomic mass is 10.3. The Morgan fingerprint density at radius 3 is 3.05 bits per heavy atom. The Hall–Kier alpha value is -2.15. The maximum atomic E-state index is 11.7. The highest BCUT2D eigenvalue weighted by molar-refractivity contribution is 7.10. The standard InChI is InChI=1S/C12H13N3O3S/c1-18-12(17)8-15-7-9(6-13-15)14-11(16)5-10-3-2-4-19-10/h2-4,6-7H,5,8H2,1H3,(H,14,16). The number of nitrogens with zero attached hydrogens (tertiary/aromatic N) is 2. The van der Waals surface area contributed by atoms with E-state index < -0.39 is 0 Å². The van der Waals surface area contributed by atoms with Crippen LogP contribution in [0.25, 0.3) is 0 Å². The summed E-state index contributed by atoms with van der Waals surface area (Å²) in [5.74, 6) is -0.500. The number of esters is 1. The topological polar surface area (TPSA) is 73.2 Å². The molecular formula is C12H13N3O3S. The fraction of sp³-hybridized carbons (Fsp3) is 0.250. The number of carbonyl (C=O) groups is 2. The van der Waals surface area contributed by atoms with E-state index in [9.17, 15) is 9.59 Å². The van der Waals surface area contributed by atoms with Crippen LogP contribution in [0.3, 0.4) is 0 Å². The second kappa shape index (κ2) is 6.14. The number of hydrogen-bond donors (Lipinski definition) is 1. The zero-order valence-corrected chi connectivity index (χ0v) is 11.1. The summed E-state index contributed by atoms with van der Waals surface area (Å²) < 4.78 is 5.94. The molecule has 0 aliphatic heterocycles. The molecule has 0 saturated heterocycles. The number of thiophene rings is 1. The fourth-order valence-corrected chi connectivity index (χ4v) is 2.19. The Morgan fingerprint density at radius 1 is 1.53 bits per heavy atom. The number of rotatable bonds is 5. The zero-order chi connectivity index (χ0) is 13.7. The minimum atomic E-state index is -0.389. The van der Waals surface area contributed by atoms with Crippen LogP contribution in [-0.2, 0) is 27.3 Å². The largest absolute Gasteiger partial charge is 0.468 e. The highest BCUT2D eigenvalue weighted by Gasteiger charge is 2.08. The molecule has 7 heteroatoms. The Balaban J connectivity index is 1.89. The van der Waals surface area contributed by atoms with Crippen molar-refractivity contribution in [2.45, 2.75) is 13.0 Å². The van der Waals surface area contributed by atoms with Crippen molar-refractivity contribution < 1.29 is 14.3 Å². The molecule has 0 aliphatic carbocycles. The summed E-state index contributed by atoms with van der Waals surface area (Å²) >= 11 is 1.54. The molecule has 0 bridgehead atoms. The number of amides is 1. The fourth-order valence-electron chi connectivity index (χ4n) is 1.49. The summed E-state index contributed by atoms with van der Waals surface area (Å²) in [7, 11) is 1.32. The van der Waals surface area contributed by atoms with Gasteiger partial charge in [0.05, 0.1) is 25.4 Å². The molecule has 0 aliphatic rings. The highest BCUT2D eigenvalue weighted by Crippen LogP contribution is 2.11. The molecule has 2 rings (SSSR count). The first-order chi connectivity index (χ1) is 9.17. The van der Waals surface area contributed by atoms with E-state index in [4.69, 9.17) is 0 Å². The lowest BCUT2D eigenvalue weighted by Gasteiger charge is -2.00. The van der Waals surface area contributed by atoms with E-state index in [-0.39, 0.29) is 18.4 Å². The van der Waals surface area contributed by atoms with Gasteiger partial charge in [-0.3, -0.25) is 14.3 Å². The van der Waals surface area contributed by atoms with Crippen molar-refractivity contribution in [2.24, 2.45) is 0 Å². The van der Waals surface area contributed by atoms with Crippen LogP contribution in [0.15, 0.2) is 29.9 Å². The molecule has 0 radical (unpaired) electrons. The minimum Gasteiger partial charge on any atom is -0.468 e. The van der Waals surface area contributed by atoms with Crippen LogP contribution in [0.2, 0.25) is 0 Å². The first kappa shape index (κ1) is 13.3. The molecule has 2 aromatic heterocycles. The molecule has 0 saturated carbocycles. The van der Waals surface area contributed by atoms with E-state index in [0.29, 0.717) is 12.1 Å². The lowest BCUT2D eigenvalue weighted by molar-refractivity contribution is -0.141. The van der Waals surface area contributed by atoms with Crippen LogP contribution in [0.4, 0.5) is 5.69 Å². The molecule has 0 fully saturated rings. The Morgan fingerprint density at radius 2 is 2.37 bits per heavy atom. The van der Waals surface area contributed by atoms with E-state index >= 15 is 0 Å². The molecule has 19 heavy (non-hydrogen) atoms. The van der Waals surface area contributed by atoms with Crippen LogP contribution in [-0.4, -0.2) is 28.8 Å². The number of methoxy groups -OCH3 is 1. The lowest BCUT2D eigenvalue weighted by Crippen LogP contribution is -2.14. The smallest absolute Gasteiger partial charge is 0.327 e. The molecule has 100 valence electrons. The first-order valence-electron chi connectivity index (χ1n) is 5.59. The zero-order valence-electron chi connectivity index (χ0n) is 10.3. The summed E-state index contributed by atoms with van der Waals surface area (Å²) in [5.41, 5.74) is 0.561. The number of nitrogens with one attached hydrogen (secondary N) is 1. The predicted octanol–water partition coefficient (Wildman–Crippen LogP) is 1.30. The minimum absolute atomic E-state index is 0.0251. The van der Waals surface area contributed by atoms with Crippen LogP contribution >= 0.6 is 11.3 Å². The first-order valence-corrected chi connectivity index (χ1v) is 6.47. The van der Waals surface area contributed by atoms with Crippen molar-refractivity contribution in [3.63, 3.8) is 0 Å². The van der Waals surface area contributed by atoms with Gasteiger partial charge in [0.25, 0.3) is 0 Å². The molecule has 0 aromatic carbocycles. The summed E-state index contributed by atoms with van der Waals surface area (Å²) in [6.45, 7) is 0.0251. The van der Waals surface area contributed by atoms with Crippen molar-refractivity contribution in [3.8, 4) is 0 Å². The van der Waals surface area contributed by atoms with Crippen LogP contribution in [0.1, 0.15) is 4.88 Å². The molecule has 6 nitrogen and oxygen atoms in total. The predicted molar refractivity (Wildman–Crippen MR) is 70.9 cm³/mol. The van der Waals surface area contributed by atoms with E-state index in [2.05, 4.69) is 15.2 Å². The van der Waals surface area contributed by atoms with Gasteiger partial charge in [-0.2, -0.15) is 5.10 Å². The second-order valence-electron chi connectivity index (χ2n) is 3.81. The van der Waals surface area contributed by atoms with Crippen molar-refractivity contribution in [1.82, 2.24) is 9.78 Å². The molecule has 1 N–H and O–H groups in total. The molecule has 0 atom stereocenters. The average molecular weight is 279 g/mol. The number of carbonyl (C=O) groups excluding carboxylic acids is 2. The van der Waals surface area contributed by atoms with Crippen LogP contribution in [0, 0.1) is 0 Å². The molecular weight excluding hydrogens is 266 g/mol. The molecule has 2 heterocycles. The Labute approximate surface area is 114 Å². The second-order valence-corrected chi connectivity index (χ2v) is 4.84. The third-order valence-electron chi connectivity index (χ3n) is 2.35. The Kier molecular flexibility index (Phi) is 4.30. The average Bonchev–Trinajstić information content (AvgIpc) is 3.01. The van der Waals surface area contributed by atoms with Gasteiger partial charge in [0.2, 0.25) is 5.91 Å². The monoisotopic (exact) mass is 279 g/mol. The number of ether oxygens (including phenoxy) is 1. The number of aromatic nitrogens is 2. The van der Waals surface area contributed by atoms with Crippen LogP contribution < -0.4 is 5.32 Å². The molecule has 1 amide bonds. The van der Waals surface area contributed by atoms with Gasteiger partial charge in [0, 0.05) is 11.1 Å². The quantitative estimate of drug-likeness (QED) is 0.837. The van der Waals surface area contributed by atoms with Gasteiger partial charge < -0.3 is 10.1 Å². The van der Waals surface area contributed by atoms with Crippen molar-refractivity contribution in [3.05, 3.63) is 34.8 Å². The SMILES string of the molecule is COC(=O)Cn1cc(NC(=O)Cc2cccs2)cn1. The molecule has 0 unspecified atom stereocenters. The van der Waals surface area contributed by atoms with Crippen molar-refractivity contribution in [1.29, 1.82) is 0 Å². The van der Waals surface area contributed by atoms with E-state index in [1.807, 2.05) is 17.5 Å². The summed E-state index contributed by atoms with van der Waals surface area (Å²) in [6.07, 6.45) is 3.42. The normalized spacial score (nSPS) is 10.2. The van der Waals surface area contributed by atoms with Crippen LogP contribution in [0.5, 0.6) is 0 Å². The van der Waals surface area contributed by atoms with E-state index in [1.54, 1.807) is 6.20 Å². The van der Waals surface area contributed by atoms with Crippen molar-refractivity contribution in [2.75, 3.05) is 12.4 Å². The van der Waals surface area contributed by atoms with Crippen molar-refractivity contribution >= 4 is 28.9 Å².